The van der Waals surface area contributed by atoms with Gasteiger partial charge in [0.05, 0.1) is 12.7 Å². The molecule has 7 nitrogen and oxygen atoms in total. The topological polar surface area (TPSA) is 83.6 Å². The van der Waals surface area contributed by atoms with Crippen molar-refractivity contribution in [2.75, 3.05) is 26.2 Å². The van der Waals surface area contributed by atoms with E-state index in [1.165, 1.54) is 0 Å². The molecule has 2 aliphatic rings. The summed E-state index contributed by atoms with van der Waals surface area (Å²) in [4.78, 5) is 29.5. The molecule has 0 aliphatic carbocycles. The van der Waals surface area contributed by atoms with Crippen molar-refractivity contribution in [3.63, 3.8) is 0 Å². The second-order valence-electron chi connectivity index (χ2n) is 6.74. The number of aromatic nitrogens is 1. The Hall–Kier alpha value is -2.31. The smallest absolute Gasteiger partial charge is 0.317 e. The van der Waals surface area contributed by atoms with Gasteiger partial charge >= 0.3 is 6.03 Å². The van der Waals surface area contributed by atoms with Gasteiger partial charge in [-0.1, -0.05) is 0 Å². The fourth-order valence-electron chi connectivity index (χ4n) is 3.32. The number of ether oxygens (including phenoxy) is 1. The molecule has 2 fully saturated rings. The van der Waals surface area contributed by atoms with Crippen molar-refractivity contribution in [2.45, 2.75) is 32.3 Å². The van der Waals surface area contributed by atoms with Crippen LogP contribution in [0.3, 0.4) is 0 Å². The van der Waals surface area contributed by atoms with Gasteiger partial charge in [-0.05, 0) is 37.3 Å². The van der Waals surface area contributed by atoms with Crippen molar-refractivity contribution >= 4 is 11.9 Å². The van der Waals surface area contributed by atoms with E-state index in [0.717, 1.165) is 19.4 Å². The molecule has 3 rings (SSSR count). The average Bonchev–Trinajstić information content (AvgIpc) is 2.95. The molecular formula is C17H24N4O3. The lowest BCUT2D eigenvalue weighted by Gasteiger charge is -2.38. The van der Waals surface area contributed by atoms with Crippen LogP contribution in [0.5, 0.6) is 5.75 Å². The molecule has 0 aromatic carbocycles. The zero-order valence-electron chi connectivity index (χ0n) is 14.0. The Labute approximate surface area is 141 Å². The minimum absolute atomic E-state index is 0.0601. The molecule has 7 heteroatoms. The minimum atomic E-state index is -0.133. The Morgan fingerprint density at radius 3 is 2.92 bits per heavy atom. The highest BCUT2D eigenvalue weighted by atomic mass is 16.5. The number of hydrogen-bond donors (Lipinski definition) is 2. The van der Waals surface area contributed by atoms with Crippen LogP contribution in [-0.4, -0.2) is 54.1 Å². The first-order chi connectivity index (χ1) is 11.6. The first kappa shape index (κ1) is 16.5. The Bertz CT molecular complexity index is 585. The highest BCUT2D eigenvalue weighted by Gasteiger charge is 2.41. The van der Waals surface area contributed by atoms with Crippen LogP contribution >= 0.6 is 0 Å². The number of likely N-dealkylation sites (tertiary alicyclic amines) is 1. The number of urea groups is 1. The van der Waals surface area contributed by atoms with Crippen LogP contribution in [0.2, 0.25) is 0 Å². The van der Waals surface area contributed by atoms with Crippen LogP contribution < -0.4 is 15.4 Å². The van der Waals surface area contributed by atoms with Crippen LogP contribution in [0.1, 0.15) is 26.2 Å². The van der Waals surface area contributed by atoms with E-state index >= 15 is 0 Å². The van der Waals surface area contributed by atoms with E-state index in [0.29, 0.717) is 31.8 Å². The summed E-state index contributed by atoms with van der Waals surface area (Å²) in [7, 11) is 0. The highest BCUT2D eigenvalue weighted by molar-refractivity contribution is 5.79. The Morgan fingerprint density at radius 1 is 1.50 bits per heavy atom. The SMILES string of the molecule is C[C@@H](CNC(=O)N1CCC2(CC1)CNC(=O)C2)Oc1cccnc1. The van der Waals surface area contributed by atoms with E-state index in [1.54, 1.807) is 12.4 Å². The van der Waals surface area contributed by atoms with Gasteiger partial charge in [0.25, 0.3) is 0 Å². The van der Waals surface area contributed by atoms with E-state index in [1.807, 2.05) is 24.0 Å². The molecule has 0 saturated carbocycles. The van der Waals surface area contributed by atoms with Gasteiger partial charge in [-0.2, -0.15) is 0 Å². The molecule has 0 radical (unpaired) electrons. The second kappa shape index (κ2) is 7.07. The van der Waals surface area contributed by atoms with E-state index in [9.17, 15) is 9.59 Å². The largest absolute Gasteiger partial charge is 0.487 e. The van der Waals surface area contributed by atoms with Crippen LogP contribution in [0, 0.1) is 5.41 Å². The zero-order chi connectivity index (χ0) is 17.0. The summed E-state index contributed by atoms with van der Waals surface area (Å²) in [6.45, 7) is 4.48. The average molecular weight is 332 g/mol. The number of nitrogens with zero attached hydrogens (tertiary/aromatic N) is 2. The Morgan fingerprint density at radius 2 is 2.29 bits per heavy atom. The third-order valence-corrected chi connectivity index (χ3v) is 4.82. The predicted octanol–water partition coefficient (Wildman–Crippen LogP) is 1.16. The van der Waals surface area contributed by atoms with Crippen LogP contribution in [-0.2, 0) is 4.79 Å². The van der Waals surface area contributed by atoms with Gasteiger partial charge in [-0.15, -0.1) is 0 Å². The van der Waals surface area contributed by atoms with Crippen LogP contribution in [0.15, 0.2) is 24.5 Å². The minimum Gasteiger partial charge on any atom is -0.487 e. The molecule has 1 aromatic rings. The summed E-state index contributed by atoms with van der Waals surface area (Å²) < 4.78 is 5.70. The maximum absolute atomic E-state index is 12.3. The molecule has 3 heterocycles. The number of pyridine rings is 1. The van der Waals surface area contributed by atoms with Crippen molar-refractivity contribution < 1.29 is 14.3 Å². The molecule has 130 valence electrons. The summed E-state index contributed by atoms with van der Waals surface area (Å²) in [6, 6.07) is 3.59. The lowest BCUT2D eigenvalue weighted by molar-refractivity contribution is -0.119. The standard InChI is InChI=1S/C17H24N4O3/c1-13(24-14-3-2-6-18-11-14)10-19-16(23)21-7-4-17(5-8-21)9-15(22)20-12-17/h2-3,6,11,13H,4-5,7-10,12H2,1H3,(H,19,23)(H,20,22)/t13-/m0/s1. The first-order valence-corrected chi connectivity index (χ1v) is 8.43. The summed E-state index contributed by atoms with van der Waals surface area (Å²) in [6.07, 6.45) is 5.56. The third kappa shape index (κ3) is 3.96. The molecule has 3 amide bonds. The second-order valence-corrected chi connectivity index (χ2v) is 6.74. The molecule has 0 unspecified atom stereocenters. The first-order valence-electron chi connectivity index (χ1n) is 8.43. The number of amides is 3. The molecule has 1 aromatic heterocycles. The van der Waals surface area contributed by atoms with E-state index in [2.05, 4.69) is 15.6 Å². The van der Waals surface area contributed by atoms with Gasteiger partial charge in [0.15, 0.2) is 0 Å². The normalized spacial score (nSPS) is 20.5. The van der Waals surface area contributed by atoms with Gasteiger partial charge in [0.1, 0.15) is 11.9 Å². The summed E-state index contributed by atoms with van der Waals surface area (Å²) in [5.41, 5.74) is 0.0601. The fourth-order valence-corrected chi connectivity index (χ4v) is 3.32. The zero-order valence-corrected chi connectivity index (χ0v) is 14.0. The summed E-state index contributed by atoms with van der Waals surface area (Å²) in [5.74, 6) is 0.826. The molecule has 0 bridgehead atoms. The maximum Gasteiger partial charge on any atom is 0.317 e. The number of hydrogen-bond acceptors (Lipinski definition) is 4. The predicted molar refractivity (Wildman–Crippen MR) is 88.6 cm³/mol. The highest BCUT2D eigenvalue weighted by Crippen LogP contribution is 2.37. The van der Waals surface area contributed by atoms with Crippen molar-refractivity contribution in [2.24, 2.45) is 5.41 Å². The molecule has 1 spiro atoms. The monoisotopic (exact) mass is 332 g/mol. The van der Waals surface area contributed by atoms with Gasteiger partial charge in [-0.25, -0.2) is 4.79 Å². The number of piperidine rings is 1. The summed E-state index contributed by atoms with van der Waals surface area (Å²) >= 11 is 0. The molecule has 1 atom stereocenters. The van der Waals surface area contributed by atoms with Crippen molar-refractivity contribution in [3.05, 3.63) is 24.5 Å². The van der Waals surface area contributed by atoms with Crippen molar-refractivity contribution in [1.29, 1.82) is 0 Å². The Balaban J connectivity index is 1.40. The number of carbonyl (C=O) groups is 2. The van der Waals surface area contributed by atoms with E-state index in [4.69, 9.17) is 4.74 Å². The number of rotatable bonds is 4. The van der Waals surface area contributed by atoms with Crippen LogP contribution in [0.25, 0.3) is 0 Å². The maximum atomic E-state index is 12.3. The van der Waals surface area contributed by atoms with Crippen molar-refractivity contribution in [3.8, 4) is 5.75 Å². The molecular weight excluding hydrogens is 308 g/mol. The van der Waals surface area contributed by atoms with Gasteiger partial charge in [0.2, 0.25) is 5.91 Å². The molecule has 24 heavy (non-hydrogen) atoms. The lowest BCUT2D eigenvalue weighted by atomic mass is 9.78. The van der Waals surface area contributed by atoms with Gasteiger partial charge in [-0.3, -0.25) is 9.78 Å². The number of carbonyl (C=O) groups excluding carboxylic acids is 2. The van der Waals surface area contributed by atoms with E-state index in [-0.39, 0.29) is 23.5 Å². The molecule has 2 aliphatic heterocycles. The van der Waals surface area contributed by atoms with Gasteiger partial charge in [0, 0.05) is 32.3 Å². The Kier molecular flexibility index (Phi) is 4.87. The summed E-state index contributed by atoms with van der Waals surface area (Å²) in [5, 5.41) is 5.83. The number of nitrogens with one attached hydrogen (secondary N) is 2. The van der Waals surface area contributed by atoms with Gasteiger partial charge < -0.3 is 20.3 Å². The van der Waals surface area contributed by atoms with Crippen LogP contribution in [0.4, 0.5) is 4.79 Å². The fraction of sp³-hybridized carbons (Fsp3) is 0.588. The van der Waals surface area contributed by atoms with E-state index < -0.39 is 0 Å². The molecule has 2 saturated heterocycles. The molecule has 2 N–H and O–H groups in total. The third-order valence-electron chi connectivity index (χ3n) is 4.82. The van der Waals surface area contributed by atoms with Crippen molar-refractivity contribution in [1.82, 2.24) is 20.5 Å². The lowest BCUT2D eigenvalue weighted by Crippen LogP contribution is -2.49. The quantitative estimate of drug-likeness (QED) is 0.867.